The van der Waals surface area contributed by atoms with E-state index in [1.165, 1.54) is 11.1 Å². The normalized spacial score (nSPS) is 16.5. The second-order valence-corrected chi connectivity index (χ2v) is 8.01. The van der Waals surface area contributed by atoms with Gasteiger partial charge >= 0.3 is 5.97 Å². The van der Waals surface area contributed by atoms with E-state index in [4.69, 9.17) is 9.47 Å². The molecule has 0 aliphatic heterocycles. The van der Waals surface area contributed by atoms with E-state index < -0.39 is 5.97 Å². The number of aromatic nitrogens is 3. The van der Waals surface area contributed by atoms with Gasteiger partial charge in [-0.05, 0) is 53.6 Å². The van der Waals surface area contributed by atoms with Gasteiger partial charge in [0.15, 0.2) is 0 Å². The highest BCUT2D eigenvalue weighted by Crippen LogP contribution is 2.29. The Kier molecular flexibility index (Phi) is 6.32. The molecule has 1 N–H and O–H groups in total. The van der Waals surface area contributed by atoms with E-state index >= 15 is 0 Å². The molecule has 1 aliphatic rings. The number of ether oxygens (including phenoxy) is 2. The Morgan fingerprint density at radius 2 is 2.03 bits per heavy atom. The van der Waals surface area contributed by atoms with Crippen LogP contribution in [0.4, 0.5) is 0 Å². The zero-order valence-electron chi connectivity index (χ0n) is 17.8. The van der Waals surface area contributed by atoms with Crippen LogP contribution in [0.25, 0.3) is 0 Å². The lowest BCUT2D eigenvalue weighted by Crippen LogP contribution is -2.21. The minimum absolute atomic E-state index is 0.0498. The SMILES string of the molecule is COC1CCc2cc(COc3ccc([C@H](CC(=O)O)c4nncn4C)cc3)ccc2C1. The topological polar surface area (TPSA) is 86.5 Å². The minimum atomic E-state index is -0.877. The first-order chi connectivity index (χ1) is 15.0. The number of nitrogens with zero attached hydrogens (tertiary/aromatic N) is 3. The summed E-state index contributed by atoms with van der Waals surface area (Å²) in [4.78, 5) is 11.4. The van der Waals surface area contributed by atoms with Gasteiger partial charge in [-0.15, -0.1) is 10.2 Å². The number of hydrogen-bond donors (Lipinski definition) is 1. The van der Waals surface area contributed by atoms with E-state index in [1.807, 2.05) is 31.3 Å². The summed E-state index contributed by atoms with van der Waals surface area (Å²) in [6.07, 6.45) is 4.90. The molecule has 1 aliphatic carbocycles. The van der Waals surface area contributed by atoms with Crippen LogP contribution in [0.15, 0.2) is 48.8 Å². The summed E-state index contributed by atoms with van der Waals surface area (Å²) in [6.45, 7) is 0.488. The predicted molar refractivity (Wildman–Crippen MR) is 115 cm³/mol. The largest absolute Gasteiger partial charge is 0.489 e. The fourth-order valence-electron chi connectivity index (χ4n) is 4.17. The Hall–Kier alpha value is -3.19. The molecular weight excluding hydrogens is 394 g/mol. The Morgan fingerprint density at radius 3 is 2.71 bits per heavy atom. The monoisotopic (exact) mass is 421 g/mol. The molecule has 7 heteroatoms. The number of fused-ring (bicyclic) bond motifs is 1. The van der Waals surface area contributed by atoms with Crippen molar-refractivity contribution in [3.63, 3.8) is 0 Å². The van der Waals surface area contributed by atoms with Crippen LogP contribution in [0.3, 0.4) is 0 Å². The molecule has 162 valence electrons. The maximum Gasteiger partial charge on any atom is 0.304 e. The fourth-order valence-corrected chi connectivity index (χ4v) is 4.17. The number of benzene rings is 2. The van der Waals surface area contributed by atoms with Crippen molar-refractivity contribution >= 4 is 5.97 Å². The number of carboxylic acid groups (broad SMARTS) is 1. The van der Waals surface area contributed by atoms with E-state index in [2.05, 4.69) is 28.4 Å². The molecule has 0 amide bonds. The standard InChI is InChI=1S/C24H27N3O4/c1-27-15-25-26-24(27)22(13-23(28)29)17-5-8-20(9-6-17)31-14-16-3-4-19-12-21(30-2)10-7-18(19)11-16/h3-6,8-9,11,15,21-22H,7,10,12-14H2,1-2H3,(H,28,29)/t21?,22-/m0/s1. The highest BCUT2D eigenvalue weighted by molar-refractivity contribution is 5.68. The molecule has 7 nitrogen and oxygen atoms in total. The number of aliphatic carboxylic acids is 1. The number of rotatable bonds is 8. The smallest absolute Gasteiger partial charge is 0.304 e. The van der Waals surface area contributed by atoms with Crippen molar-refractivity contribution in [1.29, 1.82) is 0 Å². The summed E-state index contributed by atoms with van der Waals surface area (Å²) in [5.74, 6) is 0.127. The Balaban J connectivity index is 1.43. The molecule has 0 spiro atoms. The van der Waals surface area contributed by atoms with Gasteiger partial charge in [0, 0.05) is 14.2 Å². The van der Waals surface area contributed by atoms with Crippen LogP contribution >= 0.6 is 0 Å². The summed E-state index contributed by atoms with van der Waals surface area (Å²) in [6, 6.07) is 14.1. The van der Waals surface area contributed by atoms with E-state index in [0.29, 0.717) is 18.5 Å². The van der Waals surface area contributed by atoms with E-state index in [-0.39, 0.29) is 12.3 Å². The molecule has 0 radical (unpaired) electrons. The summed E-state index contributed by atoms with van der Waals surface area (Å²) < 4.78 is 13.2. The average molecular weight is 421 g/mol. The van der Waals surface area contributed by atoms with Crippen molar-refractivity contribution in [2.24, 2.45) is 7.05 Å². The van der Waals surface area contributed by atoms with E-state index in [1.54, 1.807) is 18.0 Å². The summed E-state index contributed by atoms with van der Waals surface area (Å²) in [7, 11) is 3.59. The third-order valence-electron chi connectivity index (χ3n) is 5.91. The van der Waals surface area contributed by atoms with Crippen LogP contribution in [-0.4, -0.2) is 39.1 Å². The van der Waals surface area contributed by atoms with Crippen molar-refractivity contribution in [2.75, 3.05) is 7.11 Å². The molecule has 31 heavy (non-hydrogen) atoms. The molecule has 3 aromatic rings. The van der Waals surface area contributed by atoms with Gasteiger partial charge < -0.3 is 19.1 Å². The van der Waals surface area contributed by atoms with Gasteiger partial charge in [-0.25, -0.2) is 0 Å². The van der Waals surface area contributed by atoms with Crippen molar-refractivity contribution in [3.05, 3.63) is 76.9 Å². The first-order valence-corrected chi connectivity index (χ1v) is 10.5. The highest BCUT2D eigenvalue weighted by Gasteiger charge is 2.22. The molecule has 1 unspecified atom stereocenters. The Labute approximate surface area is 181 Å². The van der Waals surface area contributed by atoms with Crippen molar-refractivity contribution in [3.8, 4) is 5.75 Å². The molecule has 2 atom stereocenters. The van der Waals surface area contributed by atoms with Crippen molar-refractivity contribution < 1.29 is 19.4 Å². The maximum atomic E-state index is 11.4. The molecule has 0 saturated heterocycles. The van der Waals surface area contributed by atoms with Gasteiger partial charge in [-0.1, -0.05) is 30.3 Å². The second kappa shape index (κ2) is 9.31. The number of hydrogen-bond acceptors (Lipinski definition) is 5. The van der Waals surface area contributed by atoms with Crippen LogP contribution in [0.5, 0.6) is 5.75 Å². The Bertz CT molecular complexity index is 1050. The minimum Gasteiger partial charge on any atom is -0.489 e. The van der Waals surface area contributed by atoms with Gasteiger partial charge in [-0.2, -0.15) is 0 Å². The van der Waals surface area contributed by atoms with Crippen LogP contribution < -0.4 is 4.74 Å². The Morgan fingerprint density at radius 1 is 1.23 bits per heavy atom. The first-order valence-electron chi connectivity index (χ1n) is 10.5. The third kappa shape index (κ3) is 4.94. The first kappa shape index (κ1) is 21.1. The summed E-state index contributed by atoms with van der Waals surface area (Å²) in [5, 5.41) is 17.3. The molecule has 0 bridgehead atoms. The maximum absolute atomic E-state index is 11.4. The number of carboxylic acids is 1. The highest BCUT2D eigenvalue weighted by atomic mass is 16.5. The average Bonchev–Trinajstić information content (AvgIpc) is 3.21. The lowest BCUT2D eigenvalue weighted by Gasteiger charge is -2.24. The van der Waals surface area contributed by atoms with Crippen LogP contribution in [-0.2, 0) is 36.0 Å². The molecule has 1 heterocycles. The predicted octanol–water partition coefficient (Wildman–Crippen LogP) is 3.50. The zero-order chi connectivity index (χ0) is 21.8. The molecule has 0 fully saturated rings. The lowest BCUT2D eigenvalue weighted by molar-refractivity contribution is -0.137. The summed E-state index contributed by atoms with van der Waals surface area (Å²) >= 11 is 0. The summed E-state index contributed by atoms with van der Waals surface area (Å²) in [5.41, 5.74) is 4.75. The quantitative estimate of drug-likeness (QED) is 0.599. The van der Waals surface area contributed by atoms with Crippen LogP contribution in [0.1, 0.15) is 46.8 Å². The van der Waals surface area contributed by atoms with E-state index in [9.17, 15) is 9.90 Å². The number of aryl methyl sites for hydroxylation is 2. The van der Waals surface area contributed by atoms with E-state index in [0.717, 1.165) is 36.1 Å². The fraction of sp³-hybridized carbons (Fsp3) is 0.375. The lowest BCUT2D eigenvalue weighted by atomic mass is 9.88. The molecule has 2 aromatic carbocycles. The second-order valence-electron chi connectivity index (χ2n) is 8.01. The van der Waals surface area contributed by atoms with Crippen LogP contribution in [0.2, 0.25) is 0 Å². The third-order valence-corrected chi connectivity index (χ3v) is 5.91. The number of carbonyl (C=O) groups is 1. The van der Waals surface area contributed by atoms with Gasteiger partial charge in [0.25, 0.3) is 0 Å². The molecule has 1 aromatic heterocycles. The molecule has 4 rings (SSSR count). The van der Waals surface area contributed by atoms with Gasteiger partial charge in [0.2, 0.25) is 0 Å². The van der Waals surface area contributed by atoms with Crippen molar-refractivity contribution in [1.82, 2.24) is 14.8 Å². The number of methoxy groups -OCH3 is 1. The van der Waals surface area contributed by atoms with Gasteiger partial charge in [0.05, 0.1) is 18.4 Å². The van der Waals surface area contributed by atoms with Gasteiger partial charge in [-0.3, -0.25) is 4.79 Å². The zero-order valence-corrected chi connectivity index (χ0v) is 17.8. The van der Waals surface area contributed by atoms with Gasteiger partial charge in [0.1, 0.15) is 24.5 Å². The molecule has 0 saturated carbocycles. The molecular formula is C24H27N3O4. The van der Waals surface area contributed by atoms with Crippen LogP contribution in [0, 0.1) is 0 Å². The van der Waals surface area contributed by atoms with Crippen molar-refractivity contribution in [2.45, 2.75) is 44.3 Å².